The van der Waals surface area contributed by atoms with Crippen LogP contribution in [0.1, 0.15) is 46.0 Å². The fraction of sp³-hybridized carbons (Fsp3) is 0.900. The van der Waals surface area contributed by atoms with Gasteiger partial charge in [0.15, 0.2) is 0 Å². The minimum atomic E-state index is 0.203. The molecule has 12 heavy (non-hydrogen) atoms. The van der Waals surface area contributed by atoms with E-state index in [0.717, 1.165) is 5.92 Å². The third-order valence-electron chi connectivity index (χ3n) is 2.62. The van der Waals surface area contributed by atoms with E-state index in [1.807, 2.05) is 6.92 Å². The Hall–Kier alpha value is -0.530. The average molecular weight is 169 g/mol. The summed E-state index contributed by atoms with van der Waals surface area (Å²) in [5.41, 5.74) is 0. The van der Waals surface area contributed by atoms with Crippen molar-refractivity contribution in [1.82, 2.24) is 5.32 Å². The maximum atomic E-state index is 11.1. The van der Waals surface area contributed by atoms with Crippen LogP contribution < -0.4 is 5.32 Å². The zero-order valence-corrected chi connectivity index (χ0v) is 8.10. The maximum absolute atomic E-state index is 11.1. The molecule has 0 unspecified atom stereocenters. The van der Waals surface area contributed by atoms with E-state index in [1.165, 1.54) is 25.7 Å². The summed E-state index contributed by atoms with van der Waals surface area (Å²) in [4.78, 5) is 11.1. The Balaban J connectivity index is 2.27. The molecule has 0 heterocycles. The number of carbonyl (C=O) groups is 1. The van der Waals surface area contributed by atoms with E-state index < -0.39 is 0 Å². The molecule has 0 aromatic carbocycles. The molecule has 1 rings (SSSR count). The third kappa shape index (κ3) is 2.84. The van der Waals surface area contributed by atoms with Crippen LogP contribution in [0, 0.1) is 5.92 Å². The molecule has 1 N–H and O–H groups in total. The van der Waals surface area contributed by atoms with E-state index in [4.69, 9.17) is 0 Å². The zero-order valence-electron chi connectivity index (χ0n) is 8.10. The highest BCUT2D eigenvalue weighted by Gasteiger charge is 2.19. The lowest BCUT2D eigenvalue weighted by Gasteiger charge is -2.27. The van der Waals surface area contributed by atoms with Crippen LogP contribution >= 0.6 is 0 Å². The molecular formula is C10H19NO. The number of hydrogen-bond acceptors (Lipinski definition) is 1. The van der Waals surface area contributed by atoms with Crippen molar-refractivity contribution < 1.29 is 4.79 Å². The Morgan fingerprint density at radius 2 is 2.25 bits per heavy atom. The van der Waals surface area contributed by atoms with Gasteiger partial charge in [0.05, 0.1) is 0 Å². The summed E-state index contributed by atoms with van der Waals surface area (Å²) in [7, 11) is 0. The minimum absolute atomic E-state index is 0.203. The second-order valence-electron chi connectivity index (χ2n) is 3.89. The van der Waals surface area contributed by atoms with Crippen LogP contribution in [0.15, 0.2) is 0 Å². The third-order valence-corrected chi connectivity index (χ3v) is 2.62. The molecule has 1 saturated carbocycles. The molecule has 1 fully saturated rings. The predicted molar refractivity (Wildman–Crippen MR) is 49.9 cm³/mol. The zero-order chi connectivity index (χ0) is 8.97. The van der Waals surface area contributed by atoms with Crippen molar-refractivity contribution in [2.24, 2.45) is 5.92 Å². The molecule has 2 heteroatoms. The van der Waals surface area contributed by atoms with Gasteiger partial charge in [-0.15, -0.1) is 0 Å². The van der Waals surface area contributed by atoms with Gasteiger partial charge in [-0.3, -0.25) is 4.79 Å². The lowest BCUT2D eigenvalue weighted by atomic mass is 9.87. The average Bonchev–Trinajstić information content (AvgIpc) is 2.04. The Bertz CT molecular complexity index is 156. The van der Waals surface area contributed by atoms with Gasteiger partial charge in [0, 0.05) is 12.5 Å². The second kappa shape index (κ2) is 4.48. The molecule has 2 nitrogen and oxygen atoms in total. The van der Waals surface area contributed by atoms with E-state index in [0.29, 0.717) is 12.5 Å². The molecule has 0 saturated heterocycles. The van der Waals surface area contributed by atoms with Crippen molar-refractivity contribution in [2.75, 3.05) is 0 Å². The quantitative estimate of drug-likeness (QED) is 0.673. The van der Waals surface area contributed by atoms with E-state index in [-0.39, 0.29) is 5.91 Å². The standard InChI is InChI=1S/C10H19NO/c1-3-10(12)11-9-6-4-5-8(2)7-9/h8-9H,3-7H2,1-2H3,(H,11,12)/t8-,9+/m0/s1. The Kier molecular flexibility index (Phi) is 3.57. The molecule has 0 aliphatic heterocycles. The van der Waals surface area contributed by atoms with Crippen molar-refractivity contribution >= 4 is 5.91 Å². The van der Waals surface area contributed by atoms with E-state index >= 15 is 0 Å². The molecule has 0 aromatic rings. The monoisotopic (exact) mass is 169 g/mol. The number of rotatable bonds is 2. The molecule has 1 aliphatic carbocycles. The summed E-state index contributed by atoms with van der Waals surface area (Å²) < 4.78 is 0. The van der Waals surface area contributed by atoms with Crippen LogP contribution in [0.4, 0.5) is 0 Å². The lowest BCUT2D eigenvalue weighted by molar-refractivity contribution is -0.121. The van der Waals surface area contributed by atoms with Crippen LogP contribution in [-0.2, 0) is 4.79 Å². The molecule has 0 spiro atoms. The van der Waals surface area contributed by atoms with Gasteiger partial charge >= 0.3 is 0 Å². The normalized spacial score (nSPS) is 29.8. The van der Waals surface area contributed by atoms with Crippen molar-refractivity contribution in [3.05, 3.63) is 0 Å². The second-order valence-corrected chi connectivity index (χ2v) is 3.89. The Morgan fingerprint density at radius 3 is 2.83 bits per heavy atom. The van der Waals surface area contributed by atoms with Gasteiger partial charge in [-0.25, -0.2) is 0 Å². The van der Waals surface area contributed by atoms with Crippen LogP contribution in [0.5, 0.6) is 0 Å². The van der Waals surface area contributed by atoms with Gasteiger partial charge in [0.25, 0.3) is 0 Å². The summed E-state index contributed by atoms with van der Waals surface area (Å²) >= 11 is 0. The summed E-state index contributed by atoms with van der Waals surface area (Å²) in [5, 5.41) is 3.06. The first-order valence-corrected chi connectivity index (χ1v) is 5.01. The largest absolute Gasteiger partial charge is 0.353 e. The predicted octanol–water partition coefficient (Wildman–Crippen LogP) is 2.09. The first-order valence-electron chi connectivity index (χ1n) is 5.01. The topological polar surface area (TPSA) is 29.1 Å². The molecule has 0 radical (unpaired) electrons. The molecule has 1 amide bonds. The SMILES string of the molecule is CCC(=O)N[C@@H]1CCC[C@H](C)C1. The van der Waals surface area contributed by atoms with Gasteiger partial charge in [0.1, 0.15) is 0 Å². The van der Waals surface area contributed by atoms with E-state index in [1.54, 1.807) is 0 Å². The summed E-state index contributed by atoms with van der Waals surface area (Å²) in [6.45, 7) is 4.17. The fourth-order valence-electron chi connectivity index (χ4n) is 1.89. The van der Waals surface area contributed by atoms with Gasteiger partial charge in [-0.05, 0) is 18.8 Å². The molecule has 70 valence electrons. The fourth-order valence-corrected chi connectivity index (χ4v) is 1.89. The summed E-state index contributed by atoms with van der Waals surface area (Å²) in [5.74, 6) is 0.995. The van der Waals surface area contributed by atoms with Gasteiger partial charge < -0.3 is 5.32 Å². The smallest absolute Gasteiger partial charge is 0.219 e. The van der Waals surface area contributed by atoms with Crippen molar-refractivity contribution in [1.29, 1.82) is 0 Å². The Morgan fingerprint density at radius 1 is 1.50 bits per heavy atom. The first kappa shape index (κ1) is 9.56. The number of hydrogen-bond donors (Lipinski definition) is 1. The molecule has 0 aromatic heterocycles. The highest BCUT2D eigenvalue weighted by molar-refractivity contribution is 5.75. The molecular weight excluding hydrogens is 150 g/mol. The molecule has 0 bridgehead atoms. The molecule has 2 atom stereocenters. The van der Waals surface area contributed by atoms with Gasteiger partial charge in [-0.1, -0.05) is 26.7 Å². The lowest BCUT2D eigenvalue weighted by Crippen LogP contribution is -2.37. The van der Waals surface area contributed by atoms with E-state index in [9.17, 15) is 4.79 Å². The van der Waals surface area contributed by atoms with Gasteiger partial charge in [0.2, 0.25) is 5.91 Å². The molecule has 1 aliphatic rings. The van der Waals surface area contributed by atoms with Crippen LogP contribution in [0.3, 0.4) is 0 Å². The highest BCUT2D eigenvalue weighted by Crippen LogP contribution is 2.23. The summed E-state index contributed by atoms with van der Waals surface area (Å²) in [6, 6.07) is 0.459. The highest BCUT2D eigenvalue weighted by atomic mass is 16.1. The van der Waals surface area contributed by atoms with Gasteiger partial charge in [-0.2, -0.15) is 0 Å². The maximum Gasteiger partial charge on any atom is 0.219 e. The van der Waals surface area contributed by atoms with Crippen molar-refractivity contribution in [3.63, 3.8) is 0 Å². The van der Waals surface area contributed by atoms with Crippen LogP contribution in [0.2, 0.25) is 0 Å². The number of nitrogens with one attached hydrogen (secondary N) is 1. The minimum Gasteiger partial charge on any atom is -0.353 e. The number of amides is 1. The van der Waals surface area contributed by atoms with Crippen molar-refractivity contribution in [3.8, 4) is 0 Å². The van der Waals surface area contributed by atoms with Crippen LogP contribution in [0.25, 0.3) is 0 Å². The van der Waals surface area contributed by atoms with Crippen molar-refractivity contribution in [2.45, 2.75) is 52.0 Å². The van der Waals surface area contributed by atoms with E-state index in [2.05, 4.69) is 12.2 Å². The van der Waals surface area contributed by atoms with Crippen LogP contribution in [-0.4, -0.2) is 11.9 Å². The first-order chi connectivity index (χ1) is 5.72. The number of carbonyl (C=O) groups excluding carboxylic acids is 1. The summed E-state index contributed by atoms with van der Waals surface area (Å²) in [6.07, 6.45) is 5.57. The Labute approximate surface area is 74.7 Å².